The largest absolute Gasteiger partial charge is 0.406 e. The molecule has 120 valence electrons. The van der Waals surface area contributed by atoms with E-state index in [0.29, 0.717) is 5.65 Å². The molecular formula is C15H18F3N3O. The molecule has 0 aliphatic heterocycles. The van der Waals surface area contributed by atoms with Crippen LogP contribution in [0.1, 0.15) is 31.1 Å². The van der Waals surface area contributed by atoms with E-state index < -0.39 is 24.7 Å². The average Bonchev–Trinajstić information content (AvgIpc) is 2.89. The van der Waals surface area contributed by atoms with E-state index in [1.807, 2.05) is 0 Å². The predicted octanol–water partition coefficient (Wildman–Crippen LogP) is 3.38. The summed E-state index contributed by atoms with van der Waals surface area (Å²) in [5.74, 6) is -0.711. The van der Waals surface area contributed by atoms with Crippen LogP contribution in [0, 0.1) is 5.92 Å². The molecule has 0 N–H and O–H groups in total. The number of aromatic nitrogens is 2. The molecule has 0 spiro atoms. The number of imidazole rings is 1. The smallest absolute Gasteiger partial charge is 0.327 e. The van der Waals surface area contributed by atoms with Crippen molar-refractivity contribution >= 4 is 11.6 Å². The minimum atomic E-state index is -4.43. The SMILES string of the molecule is CC(C)C(C)N(CC(F)(F)F)C(=O)c1ccc2nccn2c1. The van der Waals surface area contributed by atoms with Crippen molar-refractivity contribution in [3.8, 4) is 0 Å². The fourth-order valence-electron chi connectivity index (χ4n) is 2.17. The van der Waals surface area contributed by atoms with Gasteiger partial charge in [-0.3, -0.25) is 4.79 Å². The number of hydrogen-bond donors (Lipinski definition) is 0. The normalized spacial score (nSPS) is 13.6. The molecule has 0 saturated heterocycles. The summed E-state index contributed by atoms with van der Waals surface area (Å²) >= 11 is 0. The zero-order chi connectivity index (χ0) is 16.5. The van der Waals surface area contributed by atoms with Gasteiger partial charge < -0.3 is 9.30 Å². The van der Waals surface area contributed by atoms with Crippen LogP contribution in [0.5, 0.6) is 0 Å². The molecule has 2 aromatic rings. The number of carbonyl (C=O) groups is 1. The van der Waals surface area contributed by atoms with Crippen LogP contribution in [-0.2, 0) is 0 Å². The summed E-state index contributed by atoms with van der Waals surface area (Å²) in [6, 6.07) is 2.59. The lowest BCUT2D eigenvalue weighted by atomic mass is 10.0. The van der Waals surface area contributed by atoms with Crippen LogP contribution in [-0.4, -0.2) is 39.0 Å². The fraction of sp³-hybridized carbons (Fsp3) is 0.467. The van der Waals surface area contributed by atoms with Crippen molar-refractivity contribution < 1.29 is 18.0 Å². The summed E-state index contributed by atoms with van der Waals surface area (Å²) in [6.45, 7) is 3.96. The van der Waals surface area contributed by atoms with Gasteiger partial charge in [-0.2, -0.15) is 13.2 Å². The van der Waals surface area contributed by atoms with Gasteiger partial charge in [0.25, 0.3) is 5.91 Å². The van der Waals surface area contributed by atoms with Gasteiger partial charge in [0, 0.05) is 24.6 Å². The Morgan fingerprint density at radius 1 is 1.32 bits per heavy atom. The van der Waals surface area contributed by atoms with Crippen molar-refractivity contribution in [2.75, 3.05) is 6.54 Å². The Morgan fingerprint density at radius 3 is 2.59 bits per heavy atom. The number of fused-ring (bicyclic) bond motifs is 1. The van der Waals surface area contributed by atoms with Crippen molar-refractivity contribution in [1.29, 1.82) is 0 Å². The van der Waals surface area contributed by atoms with Gasteiger partial charge in [-0.25, -0.2) is 4.98 Å². The Morgan fingerprint density at radius 2 is 2.00 bits per heavy atom. The molecule has 4 nitrogen and oxygen atoms in total. The summed E-state index contributed by atoms with van der Waals surface area (Å²) in [5, 5.41) is 0. The average molecular weight is 313 g/mol. The monoisotopic (exact) mass is 313 g/mol. The molecule has 0 bridgehead atoms. The summed E-state index contributed by atoms with van der Waals surface area (Å²) in [4.78, 5) is 17.4. The number of rotatable bonds is 4. The van der Waals surface area contributed by atoms with Crippen LogP contribution in [0.4, 0.5) is 13.2 Å². The number of halogens is 3. The third kappa shape index (κ3) is 3.58. The zero-order valence-electron chi connectivity index (χ0n) is 12.6. The molecule has 2 rings (SSSR count). The van der Waals surface area contributed by atoms with Gasteiger partial charge in [-0.05, 0) is 25.0 Å². The van der Waals surface area contributed by atoms with E-state index >= 15 is 0 Å². The Kier molecular flexibility index (Phi) is 4.44. The molecule has 2 heterocycles. The number of hydrogen-bond acceptors (Lipinski definition) is 2. The van der Waals surface area contributed by atoms with Crippen LogP contribution in [0.3, 0.4) is 0 Å². The summed E-state index contributed by atoms with van der Waals surface area (Å²) < 4.78 is 40.0. The summed E-state index contributed by atoms with van der Waals surface area (Å²) in [5.41, 5.74) is 0.845. The first-order valence-corrected chi connectivity index (χ1v) is 6.99. The van der Waals surface area contributed by atoms with E-state index in [0.717, 1.165) is 4.90 Å². The lowest BCUT2D eigenvalue weighted by molar-refractivity contribution is -0.145. The molecular weight excluding hydrogens is 295 g/mol. The maximum Gasteiger partial charge on any atom is 0.406 e. The van der Waals surface area contributed by atoms with E-state index in [4.69, 9.17) is 0 Å². The van der Waals surface area contributed by atoms with Crippen molar-refractivity contribution in [2.24, 2.45) is 5.92 Å². The first-order valence-electron chi connectivity index (χ1n) is 6.99. The van der Waals surface area contributed by atoms with Crippen LogP contribution in [0.2, 0.25) is 0 Å². The molecule has 2 aromatic heterocycles. The predicted molar refractivity (Wildman–Crippen MR) is 76.6 cm³/mol. The number of pyridine rings is 1. The van der Waals surface area contributed by atoms with Crippen molar-refractivity contribution in [1.82, 2.24) is 14.3 Å². The third-order valence-electron chi connectivity index (χ3n) is 3.70. The van der Waals surface area contributed by atoms with E-state index in [-0.39, 0.29) is 11.5 Å². The molecule has 1 amide bonds. The maximum atomic E-state index is 12.8. The molecule has 0 fully saturated rings. The topological polar surface area (TPSA) is 37.6 Å². The van der Waals surface area contributed by atoms with Gasteiger partial charge in [-0.1, -0.05) is 13.8 Å². The van der Waals surface area contributed by atoms with Gasteiger partial charge in [0.2, 0.25) is 0 Å². The van der Waals surface area contributed by atoms with Gasteiger partial charge in [0.1, 0.15) is 12.2 Å². The van der Waals surface area contributed by atoms with Crippen molar-refractivity contribution in [2.45, 2.75) is 33.0 Å². The van der Waals surface area contributed by atoms with Crippen molar-refractivity contribution in [3.63, 3.8) is 0 Å². The number of amides is 1. The minimum Gasteiger partial charge on any atom is -0.327 e. The lowest BCUT2D eigenvalue weighted by Gasteiger charge is -2.32. The second kappa shape index (κ2) is 5.98. The highest BCUT2D eigenvalue weighted by Gasteiger charge is 2.36. The third-order valence-corrected chi connectivity index (χ3v) is 3.70. The quantitative estimate of drug-likeness (QED) is 0.868. The summed E-state index contributed by atoms with van der Waals surface area (Å²) in [6.07, 6.45) is 0.277. The Labute approximate surface area is 126 Å². The molecule has 0 aromatic carbocycles. The Hall–Kier alpha value is -2.05. The summed E-state index contributed by atoms with van der Waals surface area (Å²) in [7, 11) is 0. The van der Waals surface area contributed by atoms with Crippen LogP contribution >= 0.6 is 0 Å². The standard InChI is InChI=1S/C15H18F3N3O/c1-10(2)11(3)21(9-15(16,17)18)14(22)12-4-5-13-19-6-7-20(13)8-12/h4-8,10-11H,9H2,1-3H3. The molecule has 0 aliphatic carbocycles. The van der Waals surface area contributed by atoms with E-state index in [1.54, 1.807) is 43.6 Å². The molecule has 1 atom stereocenters. The molecule has 0 aliphatic rings. The second-order valence-corrected chi connectivity index (χ2v) is 5.64. The highest BCUT2D eigenvalue weighted by atomic mass is 19.4. The molecule has 1 unspecified atom stereocenters. The highest BCUT2D eigenvalue weighted by Crippen LogP contribution is 2.22. The van der Waals surface area contributed by atoms with Crippen LogP contribution in [0.15, 0.2) is 30.7 Å². The Bertz CT molecular complexity index is 663. The van der Waals surface area contributed by atoms with Gasteiger partial charge in [0.05, 0.1) is 5.56 Å². The number of carbonyl (C=O) groups excluding carboxylic acids is 1. The van der Waals surface area contributed by atoms with E-state index in [9.17, 15) is 18.0 Å². The van der Waals surface area contributed by atoms with Gasteiger partial charge in [0.15, 0.2) is 0 Å². The van der Waals surface area contributed by atoms with Gasteiger partial charge in [-0.15, -0.1) is 0 Å². The maximum absolute atomic E-state index is 12.8. The first kappa shape index (κ1) is 16.3. The molecule has 7 heteroatoms. The van der Waals surface area contributed by atoms with E-state index in [2.05, 4.69) is 4.98 Å². The van der Waals surface area contributed by atoms with Crippen LogP contribution in [0.25, 0.3) is 5.65 Å². The van der Waals surface area contributed by atoms with Crippen LogP contribution < -0.4 is 0 Å². The van der Waals surface area contributed by atoms with E-state index in [1.165, 1.54) is 12.3 Å². The zero-order valence-corrected chi connectivity index (χ0v) is 12.6. The number of alkyl halides is 3. The van der Waals surface area contributed by atoms with Gasteiger partial charge >= 0.3 is 6.18 Å². The molecule has 0 radical (unpaired) electrons. The first-order chi connectivity index (χ1) is 10.2. The fourth-order valence-corrected chi connectivity index (χ4v) is 2.17. The lowest BCUT2D eigenvalue weighted by Crippen LogP contribution is -2.46. The van der Waals surface area contributed by atoms with Crippen molar-refractivity contribution in [3.05, 3.63) is 36.3 Å². The Balaban J connectivity index is 2.34. The molecule has 0 saturated carbocycles. The highest BCUT2D eigenvalue weighted by molar-refractivity contribution is 5.94. The number of nitrogens with zero attached hydrogens (tertiary/aromatic N) is 3. The minimum absolute atomic E-state index is 0.0803. The second-order valence-electron chi connectivity index (χ2n) is 5.64. The molecule has 22 heavy (non-hydrogen) atoms.